The van der Waals surface area contributed by atoms with Gasteiger partial charge in [-0.1, -0.05) is 19.0 Å². The van der Waals surface area contributed by atoms with Crippen molar-refractivity contribution in [1.29, 1.82) is 0 Å². The summed E-state index contributed by atoms with van der Waals surface area (Å²) < 4.78 is 11.5. The lowest BCUT2D eigenvalue weighted by atomic mass is 9.90. The summed E-state index contributed by atoms with van der Waals surface area (Å²) in [5.41, 5.74) is 1.84. The molecule has 1 amide bonds. The van der Waals surface area contributed by atoms with Crippen LogP contribution in [0.4, 0.5) is 6.01 Å². The van der Waals surface area contributed by atoms with Crippen molar-refractivity contribution in [3.63, 3.8) is 0 Å². The minimum atomic E-state index is 0.00753. The number of ether oxygens (including phenoxy) is 1. The van der Waals surface area contributed by atoms with Crippen LogP contribution >= 0.6 is 0 Å². The second-order valence-corrected chi connectivity index (χ2v) is 11.5. The lowest BCUT2D eigenvalue weighted by Crippen LogP contribution is -2.53. The number of carbonyl (C=O) groups is 2. The summed E-state index contributed by atoms with van der Waals surface area (Å²) in [6, 6.07) is 2.66. The molecule has 4 heterocycles. The van der Waals surface area contributed by atoms with Crippen molar-refractivity contribution in [2.75, 3.05) is 37.7 Å². The van der Waals surface area contributed by atoms with Crippen LogP contribution in [0.25, 0.3) is 0 Å². The molecule has 2 aromatic heterocycles. The molecule has 3 fully saturated rings. The van der Waals surface area contributed by atoms with Crippen LogP contribution in [0.1, 0.15) is 69.3 Å². The summed E-state index contributed by atoms with van der Waals surface area (Å²) in [6.07, 6.45) is 6.75. The molecule has 9 nitrogen and oxygen atoms in total. The second-order valence-electron chi connectivity index (χ2n) is 11.5. The summed E-state index contributed by atoms with van der Waals surface area (Å²) in [5.74, 6) is 4.23. The zero-order valence-corrected chi connectivity index (χ0v) is 22.5. The van der Waals surface area contributed by atoms with Gasteiger partial charge in [0.25, 0.3) is 0 Å². The Hall–Kier alpha value is -2.97. The molecule has 0 N–H and O–H groups in total. The van der Waals surface area contributed by atoms with E-state index in [0.29, 0.717) is 38.0 Å². The predicted octanol–water partition coefficient (Wildman–Crippen LogP) is 3.81. The van der Waals surface area contributed by atoms with E-state index in [1.165, 1.54) is 19.3 Å². The second kappa shape index (κ2) is 10.8. The number of rotatable bonds is 10. The Labute approximate surface area is 218 Å². The molecule has 37 heavy (non-hydrogen) atoms. The monoisotopic (exact) mass is 509 g/mol. The van der Waals surface area contributed by atoms with Gasteiger partial charge in [-0.2, -0.15) is 4.98 Å². The van der Waals surface area contributed by atoms with Gasteiger partial charge >= 0.3 is 6.01 Å². The van der Waals surface area contributed by atoms with Crippen molar-refractivity contribution in [1.82, 2.24) is 20.0 Å². The Balaban J connectivity index is 1.01. The van der Waals surface area contributed by atoms with Crippen LogP contribution in [0, 0.1) is 30.6 Å². The van der Waals surface area contributed by atoms with E-state index in [-0.39, 0.29) is 23.5 Å². The Morgan fingerprint density at radius 2 is 1.97 bits per heavy atom. The number of hydrogen-bond donors (Lipinski definition) is 0. The van der Waals surface area contributed by atoms with Gasteiger partial charge in [0.15, 0.2) is 5.82 Å². The fraction of sp³-hybridized carbons (Fsp3) is 0.679. The maximum absolute atomic E-state index is 12.4. The number of pyridine rings is 1. The number of amides is 1. The van der Waals surface area contributed by atoms with E-state index in [4.69, 9.17) is 9.26 Å². The molecule has 0 unspecified atom stereocenters. The van der Waals surface area contributed by atoms with Crippen molar-refractivity contribution in [3.8, 4) is 5.88 Å². The summed E-state index contributed by atoms with van der Waals surface area (Å²) >= 11 is 0. The van der Waals surface area contributed by atoms with Crippen molar-refractivity contribution in [2.45, 2.75) is 65.7 Å². The molecule has 200 valence electrons. The molecule has 0 radical (unpaired) electrons. The molecule has 9 heteroatoms. The number of piperidine rings is 1. The lowest BCUT2D eigenvalue weighted by Gasteiger charge is -2.37. The first kappa shape index (κ1) is 25.7. The third-order valence-corrected chi connectivity index (χ3v) is 8.32. The molecule has 2 saturated heterocycles. The van der Waals surface area contributed by atoms with Gasteiger partial charge in [0.05, 0.1) is 18.9 Å². The first-order valence-electron chi connectivity index (χ1n) is 13.7. The van der Waals surface area contributed by atoms with E-state index in [2.05, 4.69) is 33.9 Å². The highest BCUT2D eigenvalue weighted by Gasteiger charge is 2.43. The number of aromatic nitrogens is 3. The molecule has 0 bridgehead atoms. The molecule has 2 atom stereocenters. The van der Waals surface area contributed by atoms with E-state index in [9.17, 15) is 9.59 Å². The minimum absolute atomic E-state index is 0.00753. The third-order valence-electron chi connectivity index (χ3n) is 8.32. The van der Waals surface area contributed by atoms with Crippen LogP contribution in [-0.2, 0) is 16.0 Å². The van der Waals surface area contributed by atoms with E-state index in [1.807, 2.05) is 13.0 Å². The van der Waals surface area contributed by atoms with Crippen molar-refractivity contribution >= 4 is 17.7 Å². The largest absolute Gasteiger partial charge is 0.477 e. The average molecular weight is 510 g/mol. The van der Waals surface area contributed by atoms with Gasteiger partial charge in [0.1, 0.15) is 5.78 Å². The highest BCUT2D eigenvalue weighted by Crippen LogP contribution is 2.50. The first-order chi connectivity index (χ1) is 17.8. The number of nitrogens with zero attached hydrogens (tertiary/aromatic N) is 5. The van der Waals surface area contributed by atoms with Crippen LogP contribution < -0.4 is 9.64 Å². The molecule has 2 aliphatic heterocycles. The van der Waals surface area contributed by atoms with Crippen LogP contribution in [0.3, 0.4) is 0 Å². The zero-order chi connectivity index (χ0) is 26.1. The Morgan fingerprint density at radius 3 is 2.62 bits per heavy atom. The number of hydrogen-bond acceptors (Lipinski definition) is 8. The van der Waals surface area contributed by atoms with Gasteiger partial charge in [0, 0.05) is 43.9 Å². The van der Waals surface area contributed by atoms with E-state index < -0.39 is 0 Å². The first-order valence-corrected chi connectivity index (χ1v) is 13.7. The molecular weight excluding hydrogens is 470 g/mol. The molecular formula is C28H39N5O4. The van der Waals surface area contributed by atoms with Gasteiger partial charge in [-0.25, -0.2) is 4.98 Å². The topological polar surface area (TPSA) is 102 Å². The summed E-state index contributed by atoms with van der Waals surface area (Å²) in [6.45, 7) is 11.4. The van der Waals surface area contributed by atoms with E-state index in [0.717, 1.165) is 54.2 Å². The van der Waals surface area contributed by atoms with Crippen LogP contribution in [0.5, 0.6) is 5.88 Å². The van der Waals surface area contributed by atoms with Gasteiger partial charge < -0.3 is 19.1 Å². The molecule has 2 aromatic rings. The fourth-order valence-corrected chi connectivity index (χ4v) is 5.69. The number of aryl methyl sites for hydroxylation is 1. The number of anilines is 1. The fourth-order valence-electron chi connectivity index (χ4n) is 5.69. The summed E-state index contributed by atoms with van der Waals surface area (Å²) in [5, 5.41) is 4.10. The molecule has 3 aliphatic rings. The smallest absolute Gasteiger partial charge is 0.324 e. The average Bonchev–Trinajstić information content (AvgIpc) is 3.41. The summed E-state index contributed by atoms with van der Waals surface area (Å²) in [7, 11) is 0. The maximum atomic E-state index is 12.4. The predicted molar refractivity (Wildman–Crippen MR) is 138 cm³/mol. The Morgan fingerprint density at radius 1 is 1.22 bits per heavy atom. The lowest BCUT2D eigenvalue weighted by molar-refractivity contribution is -0.140. The normalized spacial score (nSPS) is 22.3. The molecule has 1 saturated carbocycles. The van der Waals surface area contributed by atoms with Gasteiger partial charge in [-0.3, -0.25) is 9.59 Å². The maximum Gasteiger partial charge on any atom is 0.324 e. The molecule has 0 spiro atoms. The molecule has 0 aromatic carbocycles. The SMILES string of the molecule is CC(=O)C1CN(C(=O)Cc2cnc(OCC[C@@H]3C[C@@H]3C3CCN(c4nc(C(C)C)no4)CC3)c(C)c2)C1. The van der Waals surface area contributed by atoms with Gasteiger partial charge in [-0.15, -0.1) is 0 Å². The third kappa shape index (κ3) is 5.96. The van der Waals surface area contributed by atoms with Crippen LogP contribution in [-0.4, -0.2) is 64.5 Å². The molecule has 5 rings (SSSR count). The Bertz CT molecular complexity index is 1120. The highest BCUT2D eigenvalue weighted by molar-refractivity contribution is 5.85. The van der Waals surface area contributed by atoms with Crippen molar-refractivity contribution in [3.05, 3.63) is 29.2 Å². The standard InChI is InChI=1S/C28H39N5O4/c1-17(2)26-30-28(37-31-26)32-8-5-21(6-9-32)24-13-22(24)7-10-36-27-18(3)11-20(14-29-27)12-25(35)33-15-23(16-33)19(4)34/h11,14,17,21-24H,5-10,12-13,15-16H2,1-4H3/t22-,24-/m1/s1. The summed E-state index contributed by atoms with van der Waals surface area (Å²) in [4.78, 5) is 36.8. The number of ketones is 1. The van der Waals surface area contributed by atoms with Crippen molar-refractivity contribution in [2.24, 2.45) is 23.7 Å². The number of carbonyl (C=O) groups excluding carboxylic acids is 2. The quantitative estimate of drug-likeness (QED) is 0.477. The van der Waals surface area contributed by atoms with Gasteiger partial charge in [0.2, 0.25) is 11.8 Å². The highest BCUT2D eigenvalue weighted by atomic mass is 16.5. The Kier molecular flexibility index (Phi) is 7.49. The number of likely N-dealkylation sites (tertiary alicyclic amines) is 1. The zero-order valence-electron chi connectivity index (χ0n) is 22.5. The minimum Gasteiger partial charge on any atom is -0.477 e. The van der Waals surface area contributed by atoms with Crippen LogP contribution in [0.15, 0.2) is 16.8 Å². The molecule has 1 aliphatic carbocycles. The number of Topliss-reactive ketones (excluding diaryl/α,β-unsaturated/α-hetero) is 1. The van der Waals surface area contributed by atoms with Crippen molar-refractivity contribution < 1.29 is 18.8 Å². The van der Waals surface area contributed by atoms with E-state index in [1.54, 1.807) is 18.0 Å². The van der Waals surface area contributed by atoms with Crippen LogP contribution in [0.2, 0.25) is 0 Å². The van der Waals surface area contributed by atoms with Gasteiger partial charge in [-0.05, 0) is 68.9 Å². The van der Waals surface area contributed by atoms with E-state index >= 15 is 0 Å².